The third-order valence-corrected chi connectivity index (χ3v) is 11.3. The van der Waals surface area contributed by atoms with Crippen LogP contribution >= 0.6 is 0 Å². The average molecular weight is 742 g/mol. The molecule has 58 heavy (non-hydrogen) atoms. The van der Waals surface area contributed by atoms with Crippen molar-refractivity contribution >= 4 is 65.4 Å². The van der Waals surface area contributed by atoms with E-state index in [0.29, 0.717) is 17.5 Å². The van der Waals surface area contributed by atoms with E-state index in [4.69, 9.17) is 23.8 Å². The molecule has 0 aliphatic rings. The van der Waals surface area contributed by atoms with E-state index in [1.807, 2.05) is 72.8 Å². The zero-order valence-electron chi connectivity index (χ0n) is 31.1. The Hall–Kier alpha value is -7.89. The van der Waals surface area contributed by atoms with Crippen molar-refractivity contribution < 1.29 is 8.83 Å². The van der Waals surface area contributed by atoms with Crippen molar-refractivity contribution in [3.63, 3.8) is 0 Å². The van der Waals surface area contributed by atoms with Crippen molar-refractivity contribution in [2.75, 3.05) is 0 Å². The Kier molecular flexibility index (Phi) is 7.16. The summed E-state index contributed by atoms with van der Waals surface area (Å²) in [6.07, 6.45) is 0. The summed E-state index contributed by atoms with van der Waals surface area (Å²) in [4.78, 5) is 15.5. The van der Waals surface area contributed by atoms with E-state index in [2.05, 4.69) is 115 Å². The molecule has 0 saturated carbocycles. The molecule has 0 amide bonds. The Balaban J connectivity index is 1.05. The molecule has 0 atom stereocenters. The quantitative estimate of drug-likeness (QED) is 0.176. The Morgan fingerprint density at radius 2 is 0.845 bits per heavy atom. The highest BCUT2D eigenvalue weighted by Crippen LogP contribution is 2.44. The number of hydrogen-bond acceptors (Lipinski definition) is 5. The minimum absolute atomic E-state index is 0.569. The van der Waals surface area contributed by atoms with Gasteiger partial charge in [0.1, 0.15) is 22.3 Å². The first kappa shape index (κ1) is 32.4. The number of nitrogens with zero attached hydrogens (tertiary/aromatic N) is 3. The Bertz CT molecular complexity index is 3570. The van der Waals surface area contributed by atoms with Gasteiger partial charge in [-0.15, -0.1) is 0 Å². The van der Waals surface area contributed by atoms with Crippen LogP contribution < -0.4 is 0 Å². The van der Waals surface area contributed by atoms with E-state index < -0.39 is 0 Å². The standard InChI is InChI=1S/C53H31N3O2/c1-2-13-35(14-3-1)51-54-52(41-19-10-22-45-48(41)40-18-8-9-21-44(40)57-45)56-53(55-51)42-20-11-23-46-50(42)49-39-17-7-6-16-38(39)43(31-47(49)58-46)34-27-24-33(25-28-34)37-29-26-32-12-4-5-15-36(32)30-37/h1-31H. The summed E-state index contributed by atoms with van der Waals surface area (Å²) in [5.74, 6) is 1.74. The predicted octanol–water partition coefficient (Wildman–Crippen LogP) is 14.3. The highest BCUT2D eigenvalue weighted by atomic mass is 16.3. The second-order valence-corrected chi connectivity index (χ2v) is 14.7. The predicted molar refractivity (Wildman–Crippen MR) is 237 cm³/mol. The van der Waals surface area contributed by atoms with Gasteiger partial charge in [0.15, 0.2) is 17.5 Å². The normalized spacial score (nSPS) is 11.8. The molecule has 3 aromatic heterocycles. The van der Waals surface area contributed by atoms with Crippen molar-refractivity contribution in [1.29, 1.82) is 0 Å². The number of rotatable bonds is 5. The van der Waals surface area contributed by atoms with Crippen LogP contribution in [-0.2, 0) is 0 Å². The first-order valence-corrected chi connectivity index (χ1v) is 19.4. The fourth-order valence-corrected chi connectivity index (χ4v) is 8.61. The van der Waals surface area contributed by atoms with E-state index in [1.165, 1.54) is 21.9 Å². The van der Waals surface area contributed by atoms with Crippen molar-refractivity contribution in [3.8, 4) is 56.4 Å². The zero-order chi connectivity index (χ0) is 38.2. The van der Waals surface area contributed by atoms with Crippen LogP contribution in [0.25, 0.3) is 122 Å². The van der Waals surface area contributed by atoms with Gasteiger partial charge < -0.3 is 8.83 Å². The van der Waals surface area contributed by atoms with Crippen LogP contribution in [0.15, 0.2) is 197 Å². The highest BCUT2D eigenvalue weighted by Gasteiger charge is 2.22. The lowest BCUT2D eigenvalue weighted by molar-refractivity contribution is 0.669. The maximum atomic E-state index is 6.76. The lowest BCUT2D eigenvalue weighted by Gasteiger charge is -2.11. The maximum absolute atomic E-state index is 6.76. The molecule has 0 bridgehead atoms. The Morgan fingerprint density at radius 1 is 0.276 bits per heavy atom. The molecule has 270 valence electrons. The van der Waals surface area contributed by atoms with Crippen LogP contribution in [0, 0.1) is 0 Å². The fraction of sp³-hybridized carbons (Fsp3) is 0. The number of aromatic nitrogens is 3. The minimum Gasteiger partial charge on any atom is -0.456 e. The summed E-state index contributed by atoms with van der Waals surface area (Å²) >= 11 is 0. The maximum Gasteiger partial charge on any atom is 0.164 e. The van der Waals surface area contributed by atoms with E-state index in [-0.39, 0.29) is 0 Å². The number of hydrogen-bond donors (Lipinski definition) is 0. The van der Waals surface area contributed by atoms with Crippen molar-refractivity contribution in [1.82, 2.24) is 15.0 Å². The first-order valence-electron chi connectivity index (χ1n) is 19.4. The SMILES string of the molecule is c1ccc(-c2nc(-c3cccc4oc5ccccc5c34)nc(-c3cccc4oc5cc(-c6ccc(-c7ccc8ccccc8c7)cc6)c6ccccc6c5c34)n2)cc1. The van der Waals surface area contributed by atoms with Crippen molar-refractivity contribution in [2.24, 2.45) is 0 Å². The molecule has 12 aromatic rings. The molecule has 5 heteroatoms. The molecule has 3 heterocycles. The second-order valence-electron chi connectivity index (χ2n) is 14.7. The largest absolute Gasteiger partial charge is 0.456 e. The second kappa shape index (κ2) is 12.8. The fourth-order valence-electron chi connectivity index (χ4n) is 8.61. The van der Waals surface area contributed by atoms with Gasteiger partial charge in [-0.05, 0) is 74.1 Å². The number of fused-ring (bicyclic) bond motifs is 9. The Morgan fingerprint density at radius 3 is 1.64 bits per heavy atom. The molecule has 0 N–H and O–H groups in total. The molecule has 12 rings (SSSR count). The molecule has 0 aliphatic carbocycles. The molecule has 0 fully saturated rings. The van der Waals surface area contributed by atoms with E-state index >= 15 is 0 Å². The lowest BCUT2D eigenvalue weighted by atomic mass is 9.92. The molecule has 0 aliphatic heterocycles. The molecule has 0 radical (unpaired) electrons. The van der Waals surface area contributed by atoms with Crippen LogP contribution in [0.1, 0.15) is 0 Å². The van der Waals surface area contributed by atoms with Gasteiger partial charge in [0.2, 0.25) is 0 Å². The summed E-state index contributed by atoms with van der Waals surface area (Å²) in [6, 6.07) is 65.2. The topological polar surface area (TPSA) is 65.0 Å². The summed E-state index contributed by atoms with van der Waals surface area (Å²) in [7, 11) is 0. The summed E-state index contributed by atoms with van der Waals surface area (Å²) in [6.45, 7) is 0. The van der Waals surface area contributed by atoms with Gasteiger partial charge in [-0.3, -0.25) is 0 Å². The van der Waals surface area contributed by atoms with Crippen LogP contribution in [0.2, 0.25) is 0 Å². The van der Waals surface area contributed by atoms with Gasteiger partial charge in [-0.1, -0.05) is 158 Å². The number of furan rings is 2. The van der Waals surface area contributed by atoms with Gasteiger partial charge in [0.05, 0.1) is 0 Å². The van der Waals surface area contributed by atoms with Gasteiger partial charge in [-0.25, -0.2) is 15.0 Å². The minimum atomic E-state index is 0.569. The zero-order valence-corrected chi connectivity index (χ0v) is 31.1. The van der Waals surface area contributed by atoms with E-state index in [9.17, 15) is 0 Å². The number of benzene rings is 9. The molecule has 0 saturated heterocycles. The number of para-hydroxylation sites is 1. The molecular formula is C53H31N3O2. The van der Waals surface area contributed by atoms with Gasteiger partial charge >= 0.3 is 0 Å². The first-order chi connectivity index (χ1) is 28.7. The van der Waals surface area contributed by atoms with E-state index in [0.717, 1.165) is 82.5 Å². The molecule has 0 spiro atoms. The monoisotopic (exact) mass is 741 g/mol. The van der Waals surface area contributed by atoms with Gasteiger partial charge in [0, 0.05) is 38.2 Å². The summed E-state index contributed by atoms with van der Waals surface area (Å²) in [5, 5.41) is 8.72. The van der Waals surface area contributed by atoms with Crippen LogP contribution in [0.3, 0.4) is 0 Å². The van der Waals surface area contributed by atoms with Gasteiger partial charge in [-0.2, -0.15) is 0 Å². The third-order valence-electron chi connectivity index (χ3n) is 11.3. The highest BCUT2D eigenvalue weighted by molar-refractivity contribution is 6.25. The summed E-state index contributed by atoms with van der Waals surface area (Å²) < 4.78 is 13.0. The Labute approximate surface area is 332 Å². The van der Waals surface area contributed by atoms with Crippen molar-refractivity contribution in [2.45, 2.75) is 0 Å². The third kappa shape index (κ3) is 5.14. The van der Waals surface area contributed by atoms with Crippen LogP contribution in [-0.4, -0.2) is 15.0 Å². The van der Waals surface area contributed by atoms with Crippen LogP contribution in [0.5, 0.6) is 0 Å². The van der Waals surface area contributed by atoms with Crippen LogP contribution in [0.4, 0.5) is 0 Å². The van der Waals surface area contributed by atoms with E-state index in [1.54, 1.807) is 0 Å². The average Bonchev–Trinajstić information content (AvgIpc) is 3.88. The van der Waals surface area contributed by atoms with Crippen molar-refractivity contribution in [3.05, 3.63) is 188 Å². The molecule has 9 aromatic carbocycles. The molecule has 5 nitrogen and oxygen atoms in total. The van der Waals surface area contributed by atoms with Gasteiger partial charge in [0.25, 0.3) is 0 Å². The summed E-state index contributed by atoms with van der Waals surface area (Å²) in [5.41, 5.74) is 10.5. The molecule has 0 unspecified atom stereocenters. The smallest absolute Gasteiger partial charge is 0.164 e. The lowest BCUT2D eigenvalue weighted by Crippen LogP contribution is -2.00. The molecular weight excluding hydrogens is 711 g/mol.